The van der Waals surface area contributed by atoms with Crippen LogP contribution >= 0.6 is 11.7 Å². The summed E-state index contributed by atoms with van der Waals surface area (Å²) in [6, 6.07) is 0. The van der Waals surface area contributed by atoms with Crippen LogP contribution in [0.25, 0.3) is 0 Å². The van der Waals surface area contributed by atoms with Gasteiger partial charge in [0.25, 0.3) is 11.6 Å². The van der Waals surface area contributed by atoms with E-state index in [-0.39, 0.29) is 0 Å². The molecule has 0 aliphatic carbocycles. The van der Waals surface area contributed by atoms with Crippen LogP contribution in [0.1, 0.15) is 25.5 Å². The minimum Gasteiger partial charge on any atom is -0.476 e. The van der Waals surface area contributed by atoms with Crippen LogP contribution in [0.4, 0.5) is 0 Å². The van der Waals surface area contributed by atoms with Crippen LogP contribution in [0.5, 0.6) is 5.88 Å². The molecule has 0 aromatic carbocycles. The highest BCUT2D eigenvalue weighted by Crippen LogP contribution is 2.50. The molecule has 3 aliphatic heterocycles. The Hall–Kier alpha value is -1.74. The minimum absolute atomic E-state index is 0.341. The Morgan fingerprint density at radius 1 is 1.41 bits per heavy atom. The summed E-state index contributed by atoms with van der Waals surface area (Å²) in [6.45, 7) is 3.81. The van der Waals surface area contributed by atoms with Crippen LogP contribution < -0.4 is 4.74 Å². The summed E-state index contributed by atoms with van der Waals surface area (Å²) in [6.07, 6.45) is 1.06. The number of esters is 2. The van der Waals surface area contributed by atoms with Crippen molar-refractivity contribution >= 4 is 23.7 Å². The molecule has 4 unspecified atom stereocenters. The maximum Gasteiger partial charge on any atom is 0.419 e. The van der Waals surface area contributed by atoms with E-state index in [0.29, 0.717) is 30.5 Å². The summed E-state index contributed by atoms with van der Waals surface area (Å²) in [5.74, 6) is -1.15. The second-order valence-electron chi connectivity index (χ2n) is 5.67. The second kappa shape index (κ2) is 4.88. The standard InChI is InChI=1S/C13H15N3O5S/c1-2-19-10-9(14-22-15-10)13-8(20-11(17)12(18)21-13)5-7-3-4-16(13)6-7/h7-8H,2-6H2,1H3. The van der Waals surface area contributed by atoms with Gasteiger partial charge in [0, 0.05) is 13.1 Å². The predicted molar refractivity (Wildman–Crippen MR) is 73.0 cm³/mol. The summed E-state index contributed by atoms with van der Waals surface area (Å²) in [5, 5.41) is 0. The van der Waals surface area contributed by atoms with E-state index >= 15 is 0 Å². The number of hydrogen-bond donors (Lipinski definition) is 0. The van der Waals surface area contributed by atoms with Crippen molar-refractivity contribution in [3.63, 3.8) is 0 Å². The monoisotopic (exact) mass is 325 g/mol. The van der Waals surface area contributed by atoms with E-state index in [2.05, 4.69) is 8.75 Å². The van der Waals surface area contributed by atoms with Gasteiger partial charge in [0.05, 0.1) is 18.3 Å². The van der Waals surface area contributed by atoms with Crippen LogP contribution in [0.2, 0.25) is 0 Å². The summed E-state index contributed by atoms with van der Waals surface area (Å²) < 4.78 is 24.9. The Morgan fingerprint density at radius 3 is 3.09 bits per heavy atom. The fourth-order valence-electron chi connectivity index (χ4n) is 3.59. The summed E-state index contributed by atoms with van der Waals surface area (Å²) in [4.78, 5) is 25.5. The molecule has 0 radical (unpaired) electrons. The van der Waals surface area contributed by atoms with Gasteiger partial charge < -0.3 is 14.2 Å². The van der Waals surface area contributed by atoms with Crippen LogP contribution in [-0.2, 0) is 24.8 Å². The van der Waals surface area contributed by atoms with Crippen molar-refractivity contribution in [2.24, 2.45) is 5.92 Å². The first-order valence-corrected chi connectivity index (χ1v) is 8.03. The lowest BCUT2D eigenvalue weighted by Crippen LogP contribution is -2.64. The van der Waals surface area contributed by atoms with Crippen molar-refractivity contribution < 1.29 is 23.8 Å². The van der Waals surface area contributed by atoms with E-state index < -0.39 is 23.8 Å². The number of rotatable bonds is 3. The maximum atomic E-state index is 11.9. The largest absolute Gasteiger partial charge is 0.476 e. The highest BCUT2D eigenvalue weighted by Gasteiger charge is 2.63. The first-order chi connectivity index (χ1) is 10.6. The third kappa shape index (κ3) is 1.78. The fraction of sp³-hybridized carbons (Fsp3) is 0.692. The SMILES string of the molecule is CCOc1nsnc1C12OC(=O)C(=O)OC1CC1CCN2C1. The molecule has 0 amide bonds. The average Bonchev–Trinajstić information content (AvgIpc) is 3.11. The molecule has 4 rings (SSSR count). The topological polar surface area (TPSA) is 90.9 Å². The van der Waals surface area contributed by atoms with Gasteiger partial charge in [-0.1, -0.05) is 0 Å². The number of carbonyl (C=O) groups is 2. The van der Waals surface area contributed by atoms with Gasteiger partial charge >= 0.3 is 11.9 Å². The van der Waals surface area contributed by atoms with Crippen molar-refractivity contribution in [3.8, 4) is 5.88 Å². The first-order valence-electron chi connectivity index (χ1n) is 7.30. The zero-order valence-corrected chi connectivity index (χ0v) is 12.8. The fourth-order valence-corrected chi connectivity index (χ4v) is 4.14. The molecule has 3 fully saturated rings. The van der Waals surface area contributed by atoms with E-state index in [9.17, 15) is 9.59 Å². The number of piperidine rings is 1. The quantitative estimate of drug-likeness (QED) is 0.578. The van der Waals surface area contributed by atoms with Gasteiger partial charge in [-0.2, -0.15) is 4.37 Å². The molecular weight excluding hydrogens is 310 g/mol. The highest BCUT2D eigenvalue weighted by molar-refractivity contribution is 6.99. The van der Waals surface area contributed by atoms with Crippen molar-refractivity contribution in [2.45, 2.75) is 31.6 Å². The van der Waals surface area contributed by atoms with Gasteiger partial charge in [-0.3, -0.25) is 4.90 Å². The lowest BCUT2D eigenvalue weighted by molar-refractivity contribution is -0.262. The number of aromatic nitrogens is 2. The van der Waals surface area contributed by atoms with Crippen molar-refractivity contribution in [1.29, 1.82) is 0 Å². The molecule has 0 saturated carbocycles. The number of fused-ring (bicyclic) bond motifs is 4. The normalized spacial score (nSPS) is 36.5. The molecule has 2 bridgehead atoms. The smallest absolute Gasteiger partial charge is 0.419 e. The third-order valence-electron chi connectivity index (χ3n) is 4.48. The molecule has 1 aromatic heterocycles. The third-order valence-corrected chi connectivity index (χ3v) is 4.99. The van der Waals surface area contributed by atoms with E-state index in [1.165, 1.54) is 0 Å². The van der Waals surface area contributed by atoms with Crippen molar-refractivity contribution in [2.75, 3.05) is 19.7 Å². The summed E-state index contributed by atoms with van der Waals surface area (Å²) >= 11 is 0.995. The van der Waals surface area contributed by atoms with Gasteiger partial charge in [-0.15, -0.1) is 4.37 Å². The molecule has 8 nitrogen and oxygen atoms in total. The molecule has 3 aliphatic rings. The van der Waals surface area contributed by atoms with E-state index in [1.807, 2.05) is 11.8 Å². The molecule has 0 spiro atoms. The van der Waals surface area contributed by atoms with Crippen LogP contribution in [0.3, 0.4) is 0 Å². The van der Waals surface area contributed by atoms with E-state index in [4.69, 9.17) is 14.2 Å². The predicted octanol–water partition coefficient (Wildman–Crippen LogP) is 0.284. The molecule has 118 valence electrons. The second-order valence-corrected chi connectivity index (χ2v) is 6.20. The minimum atomic E-state index is -1.20. The highest BCUT2D eigenvalue weighted by atomic mass is 32.1. The lowest BCUT2D eigenvalue weighted by Gasteiger charge is -2.48. The molecule has 22 heavy (non-hydrogen) atoms. The first kappa shape index (κ1) is 13.9. The Labute approximate surface area is 130 Å². The molecule has 3 saturated heterocycles. The van der Waals surface area contributed by atoms with Gasteiger partial charge in [0.1, 0.15) is 0 Å². The Balaban J connectivity index is 1.83. The number of nitrogens with zero attached hydrogens (tertiary/aromatic N) is 3. The molecule has 0 N–H and O–H groups in total. The molecular formula is C13H15N3O5S. The molecule has 4 heterocycles. The Bertz CT molecular complexity index is 635. The van der Waals surface area contributed by atoms with E-state index in [1.54, 1.807) is 0 Å². The maximum absolute atomic E-state index is 11.9. The number of ether oxygens (including phenoxy) is 3. The van der Waals surface area contributed by atoms with Gasteiger partial charge in [0.15, 0.2) is 11.8 Å². The van der Waals surface area contributed by atoms with Crippen molar-refractivity contribution in [3.05, 3.63) is 5.69 Å². The lowest BCUT2D eigenvalue weighted by atomic mass is 9.87. The van der Waals surface area contributed by atoms with Crippen LogP contribution in [0, 0.1) is 5.92 Å². The zero-order chi connectivity index (χ0) is 15.3. The summed E-state index contributed by atoms with van der Waals surface area (Å²) in [7, 11) is 0. The molecule has 4 atom stereocenters. The van der Waals surface area contributed by atoms with Crippen LogP contribution in [0.15, 0.2) is 0 Å². The van der Waals surface area contributed by atoms with Gasteiger partial charge in [0.2, 0.25) is 0 Å². The van der Waals surface area contributed by atoms with Gasteiger partial charge in [-0.05, 0) is 25.7 Å². The average molecular weight is 325 g/mol. The molecule has 9 heteroatoms. The van der Waals surface area contributed by atoms with E-state index in [0.717, 1.165) is 31.2 Å². The number of carbonyl (C=O) groups excluding carboxylic acids is 2. The zero-order valence-electron chi connectivity index (χ0n) is 12.0. The molecule has 1 aromatic rings. The summed E-state index contributed by atoms with van der Waals surface area (Å²) in [5.41, 5.74) is -0.763. The number of hydrogen-bond acceptors (Lipinski definition) is 9. The van der Waals surface area contributed by atoms with Crippen LogP contribution in [-0.4, -0.2) is 51.4 Å². The Morgan fingerprint density at radius 2 is 2.27 bits per heavy atom. The Kier molecular flexibility index (Phi) is 3.08. The van der Waals surface area contributed by atoms with Gasteiger partial charge in [-0.25, -0.2) is 9.59 Å². The van der Waals surface area contributed by atoms with Crippen molar-refractivity contribution in [1.82, 2.24) is 13.6 Å².